The molecular formula is C29H25Cl5FN3O4. The van der Waals surface area contributed by atoms with Crippen molar-refractivity contribution in [2.24, 2.45) is 5.92 Å². The summed E-state index contributed by atoms with van der Waals surface area (Å²) in [7, 11) is 1.37. The number of carbonyl (C=O) groups is 3. The monoisotopic (exact) mass is 673 g/mol. The van der Waals surface area contributed by atoms with Crippen molar-refractivity contribution in [1.82, 2.24) is 0 Å². The molecule has 2 N–H and O–H groups in total. The van der Waals surface area contributed by atoms with Crippen molar-refractivity contribution in [3.63, 3.8) is 0 Å². The minimum absolute atomic E-state index is 0.0156. The van der Waals surface area contributed by atoms with Crippen LogP contribution in [-0.2, 0) is 9.53 Å². The van der Waals surface area contributed by atoms with E-state index in [1.54, 1.807) is 39.0 Å². The molecule has 0 aliphatic heterocycles. The molecule has 1 aliphatic rings. The minimum atomic E-state index is -1.39. The summed E-state index contributed by atoms with van der Waals surface area (Å²) in [4.78, 5) is 39.5. The van der Waals surface area contributed by atoms with E-state index in [0.29, 0.717) is 15.6 Å². The zero-order valence-electron chi connectivity index (χ0n) is 22.7. The van der Waals surface area contributed by atoms with Crippen LogP contribution in [0.15, 0.2) is 54.6 Å². The lowest BCUT2D eigenvalue weighted by molar-refractivity contribution is -0.117. The van der Waals surface area contributed by atoms with Crippen molar-refractivity contribution in [2.75, 3.05) is 22.6 Å². The van der Waals surface area contributed by atoms with Crippen LogP contribution in [-0.4, -0.2) is 34.9 Å². The predicted octanol–water partition coefficient (Wildman–Crippen LogP) is 8.94. The average Bonchev–Trinajstić information content (AvgIpc) is 3.45. The van der Waals surface area contributed by atoms with Crippen molar-refractivity contribution < 1.29 is 23.5 Å². The maximum Gasteiger partial charge on any atom is 0.414 e. The van der Waals surface area contributed by atoms with E-state index in [2.05, 4.69) is 10.6 Å². The van der Waals surface area contributed by atoms with Gasteiger partial charge in [0.2, 0.25) is 5.91 Å². The zero-order chi connectivity index (χ0) is 31.1. The number of carbonyl (C=O) groups excluding carboxylic acids is 3. The Morgan fingerprint density at radius 2 is 1.50 bits per heavy atom. The second kappa shape index (κ2) is 12.1. The van der Waals surface area contributed by atoms with Crippen molar-refractivity contribution >= 4 is 93.0 Å². The van der Waals surface area contributed by atoms with E-state index in [1.165, 1.54) is 37.4 Å². The molecule has 7 nitrogen and oxygen atoms in total. The minimum Gasteiger partial charge on any atom is -0.443 e. The van der Waals surface area contributed by atoms with Gasteiger partial charge >= 0.3 is 6.09 Å². The Labute approximate surface area is 267 Å². The number of rotatable bonds is 6. The average molecular weight is 676 g/mol. The van der Waals surface area contributed by atoms with Crippen LogP contribution in [0, 0.1) is 11.7 Å². The lowest BCUT2D eigenvalue weighted by atomic mass is 10.1. The molecule has 0 heterocycles. The van der Waals surface area contributed by atoms with Crippen LogP contribution in [0.4, 0.5) is 26.2 Å². The Morgan fingerprint density at radius 1 is 0.905 bits per heavy atom. The molecular weight excluding hydrogens is 651 g/mol. The molecule has 4 rings (SSSR count). The molecule has 13 heteroatoms. The van der Waals surface area contributed by atoms with Crippen molar-refractivity contribution in [2.45, 2.75) is 36.6 Å². The zero-order valence-corrected chi connectivity index (χ0v) is 26.5. The van der Waals surface area contributed by atoms with E-state index in [0.717, 1.165) is 11.0 Å². The quantitative estimate of drug-likeness (QED) is 0.256. The Kier molecular flexibility index (Phi) is 9.26. The number of nitrogens with one attached hydrogen (secondary N) is 2. The van der Waals surface area contributed by atoms with Crippen molar-refractivity contribution in [3.8, 4) is 0 Å². The molecule has 1 aliphatic carbocycles. The van der Waals surface area contributed by atoms with E-state index in [-0.39, 0.29) is 27.6 Å². The Balaban J connectivity index is 1.46. The molecule has 3 amide bonds. The summed E-state index contributed by atoms with van der Waals surface area (Å²) in [5, 5.41) is 6.12. The predicted molar refractivity (Wildman–Crippen MR) is 166 cm³/mol. The van der Waals surface area contributed by atoms with Crippen molar-refractivity contribution in [1.29, 1.82) is 0 Å². The first-order chi connectivity index (χ1) is 19.5. The number of anilines is 3. The van der Waals surface area contributed by atoms with Gasteiger partial charge in [0, 0.05) is 34.4 Å². The number of ether oxygens (including phenoxy) is 1. The largest absolute Gasteiger partial charge is 0.443 e. The Morgan fingerprint density at radius 3 is 2.10 bits per heavy atom. The second-order valence-electron chi connectivity index (χ2n) is 10.7. The highest BCUT2D eigenvalue weighted by Crippen LogP contribution is 2.65. The molecule has 3 aromatic carbocycles. The number of alkyl halides is 2. The van der Waals surface area contributed by atoms with Gasteiger partial charge in [-0.1, -0.05) is 34.8 Å². The molecule has 222 valence electrons. The fraction of sp³-hybridized carbons (Fsp3) is 0.276. The molecule has 1 saturated carbocycles. The molecule has 0 radical (unpaired) electrons. The van der Waals surface area contributed by atoms with Gasteiger partial charge in [-0.05, 0) is 80.9 Å². The number of benzene rings is 3. The van der Waals surface area contributed by atoms with Crippen LogP contribution in [0.25, 0.3) is 0 Å². The van der Waals surface area contributed by atoms with E-state index in [9.17, 15) is 18.8 Å². The van der Waals surface area contributed by atoms with Gasteiger partial charge in [-0.25, -0.2) is 9.18 Å². The molecule has 3 aromatic rings. The number of hydrogen-bond donors (Lipinski definition) is 2. The van der Waals surface area contributed by atoms with Crippen LogP contribution in [0.1, 0.15) is 42.6 Å². The molecule has 0 spiro atoms. The van der Waals surface area contributed by atoms with Crippen LogP contribution in [0.5, 0.6) is 0 Å². The third-order valence-corrected chi connectivity index (χ3v) is 8.00. The Hall–Kier alpha value is -2.75. The maximum atomic E-state index is 14.9. The van der Waals surface area contributed by atoms with Gasteiger partial charge in [-0.15, -0.1) is 23.2 Å². The normalized spacial score (nSPS) is 17.3. The summed E-state index contributed by atoms with van der Waals surface area (Å²) in [5.41, 5.74) is 0.197. The lowest BCUT2D eigenvalue weighted by Gasteiger charge is -2.25. The first-order valence-corrected chi connectivity index (χ1v) is 14.4. The molecule has 0 aromatic heterocycles. The number of halogens is 6. The molecule has 2 atom stereocenters. The van der Waals surface area contributed by atoms with E-state index < -0.39 is 45.5 Å². The highest BCUT2D eigenvalue weighted by atomic mass is 35.5. The molecule has 0 bridgehead atoms. The van der Waals surface area contributed by atoms with Crippen LogP contribution in [0.3, 0.4) is 0 Å². The maximum absolute atomic E-state index is 14.9. The second-order valence-corrected chi connectivity index (χ2v) is 13.4. The van der Waals surface area contributed by atoms with Crippen LogP contribution in [0.2, 0.25) is 15.1 Å². The SMILES string of the molecule is CN(C(=O)OC(C)(C)C)c1ccc(NC(=O)c2cc(NC(=O)C3C(c4cc(Cl)cc(Cl)c4)C3(Cl)Cl)ccc2Cl)cc1F. The molecule has 0 saturated heterocycles. The summed E-state index contributed by atoms with van der Waals surface area (Å²) in [6.07, 6.45) is -0.738. The Bertz CT molecular complexity index is 1560. The van der Waals surface area contributed by atoms with Gasteiger partial charge in [0.15, 0.2) is 0 Å². The van der Waals surface area contributed by atoms with Crippen LogP contribution >= 0.6 is 58.0 Å². The van der Waals surface area contributed by atoms with Crippen molar-refractivity contribution in [3.05, 3.63) is 86.6 Å². The summed E-state index contributed by atoms with van der Waals surface area (Å²) >= 11 is 31.3. The summed E-state index contributed by atoms with van der Waals surface area (Å²) in [6.45, 7) is 5.09. The van der Waals surface area contributed by atoms with E-state index in [4.69, 9.17) is 62.7 Å². The van der Waals surface area contributed by atoms with Gasteiger partial charge in [0.05, 0.1) is 22.2 Å². The lowest BCUT2D eigenvalue weighted by Crippen LogP contribution is -2.34. The van der Waals surface area contributed by atoms with E-state index in [1.807, 2.05) is 0 Å². The van der Waals surface area contributed by atoms with Gasteiger partial charge in [0.1, 0.15) is 15.8 Å². The third kappa shape index (κ3) is 7.24. The summed E-state index contributed by atoms with van der Waals surface area (Å²) < 4.78 is 18.7. The highest BCUT2D eigenvalue weighted by molar-refractivity contribution is 6.53. The highest BCUT2D eigenvalue weighted by Gasteiger charge is 2.67. The first-order valence-electron chi connectivity index (χ1n) is 12.5. The number of nitrogens with zero attached hydrogens (tertiary/aromatic N) is 1. The number of hydrogen-bond acceptors (Lipinski definition) is 4. The third-order valence-electron chi connectivity index (χ3n) is 6.29. The summed E-state index contributed by atoms with van der Waals surface area (Å²) in [6, 6.07) is 13.0. The molecule has 42 heavy (non-hydrogen) atoms. The molecule has 1 fully saturated rings. The number of amides is 3. The fourth-order valence-electron chi connectivity index (χ4n) is 4.30. The van der Waals surface area contributed by atoms with Gasteiger partial charge in [0.25, 0.3) is 5.91 Å². The summed E-state index contributed by atoms with van der Waals surface area (Å²) in [5.74, 6) is -3.28. The molecule has 2 unspecified atom stereocenters. The smallest absolute Gasteiger partial charge is 0.414 e. The van der Waals surface area contributed by atoms with Gasteiger partial charge < -0.3 is 15.4 Å². The standard InChI is InChI=1S/C29H25Cl5FN3O4/c1-28(2,3)42-27(41)38(4)22-8-6-18(13-21(22)35)36-25(39)19-12-17(5-7-20(19)32)37-26(40)24-23(29(24,33)34)14-9-15(30)11-16(31)10-14/h5-13,23-24H,1-4H3,(H,36,39)(H,37,40). The van der Waals surface area contributed by atoms with E-state index >= 15 is 0 Å². The first kappa shape index (κ1) is 32.2. The van der Waals surface area contributed by atoms with Gasteiger partial charge in [-0.3, -0.25) is 14.5 Å². The van der Waals surface area contributed by atoms with Gasteiger partial charge in [-0.2, -0.15) is 0 Å². The topological polar surface area (TPSA) is 87.7 Å². The fourth-order valence-corrected chi connectivity index (χ4v) is 5.88. The van der Waals surface area contributed by atoms with Crippen LogP contribution < -0.4 is 15.5 Å².